The monoisotopic (exact) mass is 822 g/mol. The summed E-state index contributed by atoms with van der Waals surface area (Å²) in [6.45, 7) is 6.70. The molecule has 7 N–H and O–H groups in total. The van der Waals surface area contributed by atoms with E-state index in [4.69, 9.17) is 18.9 Å². The van der Waals surface area contributed by atoms with Crippen molar-refractivity contribution in [2.75, 3.05) is 0 Å². The molecule has 13 atom stereocenters. The van der Waals surface area contributed by atoms with Gasteiger partial charge in [0.25, 0.3) is 0 Å². The second kappa shape index (κ2) is 24.5. The smallest absolute Gasteiger partial charge is 0.340 e. The molecule has 3 aliphatic rings. The Morgan fingerprint density at radius 1 is 0.500 bits per heavy atom. The van der Waals surface area contributed by atoms with Gasteiger partial charge in [-0.25, -0.2) is 9.59 Å². The Kier molecular flexibility index (Phi) is 20.9. The number of cyclic esters (lactones) is 2. The molecule has 14 heteroatoms. The molecule has 0 radical (unpaired) electrons. The zero-order valence-electron chi connectivity index (χ0n) is 34.8. The van der Waals surface area contributed by atoms with Crippen LogP contribution < -0.4 is 0 Å². The molecular formula is C44H70O14. The minimum atomic E-state index is -2.23. The highest BCUT2D eigenvalue weighted by atomic mass is 16.7. The maximum absolute atomic E-state index is 12.9. The summed E-state index contributed by atoms with van der Waals surface area (Å²) in [5.74, 6) is -7.90. The van der Waals surface area contributed by atoms with E-state index in [2.05, 4.69) is 0 Å². The first kappa shape index (κ1) is 49.6. The highest BCUT2D eigenvalue weighted by molar-refractivity contribution is 5.79. The number of fused-ring (bicyclic) bond motifs is 4. The van der Waals surface area contributed by atoms with Crippen LogP contribution in [-0.4, -0.2) is 120 Å². The Balaban J connectivity index is 1.62. The lowest BCUT2D eigenvalue weighted by atomic mass is 9.85. The van der Waals surface area contributed by atoms with E-state index in [-0.39, 0.29) is 31.5 Å². The van der Waals surface area contributed by atoms with Crippen molar-refractivity contribution in [2.24, 2.45) is 11.8 Å². The standard InChI is InChI=1S/C44H70O14/c1-29-21-23-37-27-35(47)25-33(45)19-15-11-8-6-10-14-18-32(4)56-42(52)40(50)44(54)30(2)22-24-38(58-44)28-36(48)26-34(46)20-16-12-7-5-9-13-17-31(3)55-41(51)39(49)43(29,53)57-37/h5-12,29-35,37-40,45-47,49-50,53-54H,13-28H2,1-4H3/t29-,30-,31+,32+,33+,34+,35?,37+,38+,39?,40?,43-,44-/m1/s1. The number of ether oxygens (including phenoxy) is 4. The molecule has 58 heavy (non-hydrogen) atoms. The highest BCUT2D eigenvalue weighted by Crippen LogP contribution is 2.38. The Morgan fingerprint density at radius 3 is 1.40 bits per heavy atom. The van der Waals surface area contributed by atoms with Crippen molar-refractivity contribution in [1.29, 1.82) is 0 Å². The van der Waals surface area contributed by atoms with Gasteiger partial charge >= 0.3 is 11.9 Å². The maximum Gasteiger partial charge on any atom is 0.340 e. The summed E-state index contributed by atoms with van der Waals surface area (Å²) < 4.78 is 22.5. The number of carbonyl (C=O) groups excluding carboxylic acids is 3. The van der Waals surface area contributed by atoms with Crippen LogP contribution in [0.4, 0.5) is 0 Å². The second-order valence-electron chi connectivity index (χ2n) is 16.6. The largest absolute Gasteiger partial charge is 0.461 e. The van der Waals surface area contributed by atoms with Gasteiger partial charge in [-0.3, -0.25) is 4.79 Å². The van der Waals surface area contributed by atoms with Crippen molar-refractivity contribution >= 4 is 17.7 Å². The third-order valence-electron chi connectivity index (χ3n) is 11.4. The van der Waals surface area contributed by atoms with Crippen LogP contribution in [0.2, 0.25) is 0 Å². The molecule has 4 bridgehead atoms. The fraction of sp³-hybridized carbons (Fsp3) is 0.750. The molecule has 0 spiro atoms. The van der Waals surface area contributed by atoms with Crippen molar-refractivity contribution in [2.45, 2.75) is 197 Å². The van der Waals surface area contributed by atoms with Gasteiger partial charge < -0.3 is 54.7 Å². The number of carbonyl (C=O) groups is 3. The van der Waals surface area contributed by atoms with Crippen molar-refractivity contribution < 1.29 is 69.1 Å². The zero-order valence-corrected chi connectivity index (χ0v) is 34.8. The zero-order chi connectivity index (χ0) is 42.9. The lowest BCUT2D eigenvalue weighted by molar-refractivity contribution is -0.319. The number of hydrogen-bond donors (Lipinski definition) is 7. The summed E-state index contributed by atoms with van der Waals surface area (Å²) in [4.78, 5) is 38.6. The van der Waals surface area contributed by atoms with Crippen LogP contribution in [0.5, 0.6) is 0 Å². The van der Waals surface area contributed by atoms with Crippen LogP contribution in [0.1, 0.15) is 130 Å². The van der Waals surface area contributed by atoms with Crippen LogP contribution in [0.3, 0.4) is 0 Å². The lowest BCUT2D eigenvalue weighted by Gasteiger charge is -2.44. The van der Waals surface area contributed by atoms with E-state index in [9.17, 15) is 50.1 Å². The Hall–Kier alpha value is -2.79. The topological polar surface area (TPSA) is 230 Å². The summed E-state index contributed by atoms with van der Waals surface area (Å²) >= 11 is 0. The van der Waals surface area contributed by atoms with Crippen molar-refractivity contribution in [3.63, 3.8) is 0 Å². The summed E-state index contributed by atoms with van der Waals surface area (Å²) in [5, 5.41) is 76.1. The molecule has 3 heterocycles. The van der Waals surface area contributed by atoms with E-state index in [0.29, 0.717) is 77.0 Å². The van der Waals surface area contributed by atoms with Gasteiger partial charge in [0.05, 0.1) is 42.7 Å². The molecule has 3 aliphatic heterocycles. The minimum absolute atomic E-state index is 0.0843. The number of rotatable bonds is 0. The Bertz CT molecular complexity index is 1400. The van der Waals surface area contributed by atoms with E-state index in [1.807, 2.05) is 42.5 Å². The number of aliphatic hydroxyl groups excluding tert-OH is 5. The predicted octanol–water partition coefficient (Wildman–Crippen LogP) is 4.15. The van der Waals surface area contributed by atoms with E-state index >= 15 is 0 Å². The Labute approximate surface area is 343 Å². The number of aliphatic hydroxyl groups is 7. The third kappa shape index (κ3) is 16.0. The predicted molar refractivity (Wildman–Crippen MR) is 215 cm³/mol. The van der Waals surface area contributed by atoms with Crippen molar-refractivity contribution in [3.8, 4) is 0 Å². The molecule has 3 rings (SSSR count). The number of Topliss-reactive ketones (excluding diaryl/α,β-unsaturated/α-hetero) is 1. The lowest BCUT2D eigenvalue weighted by Crippen LogP contribution is -2.58. The third-order valence-corrected chi connectivity index (χ3v) is 11.4. The normalized spacial score (nSPS) is 39.8. The average molecular weight is 823 g/mol. The van der Waals surface area contributed by atoms with E-state index in [1.165, 1.54) is 0 Å². The van der Waals surface area contributed by atoms with Gasteiger partial charge in [0.2, 0.25) is 23.8 Å². The molecule has 0 aromatic rings. The molecule has 0 saturated carbocycles. The molecule has 0 aromatic heterocycles. The Morgan fingerprint density at radius 2 is 0.914 bits per heavy atom. The first-order valence-corrected chi connectivity index (χ1v) is 21.2. The van der Waals surface area contributed by atoms with Gasteiger partial charge in [-0.05, 0) is 104 Å². The van der Waals surface area contributed by atoms with Crippen LogP contribution >= 0.6 is 0 Å². The van der Waals surface area contributed by atoms with Gasteiger partial charge in [-0.1, -0.05) is 62.5 Å². The van der Waals surface area contributed by atoms with Crippen LogP contribution in [0.15, 0.2) is 48.6 Å². The van der Waals surface area contributed by atoms with E-state index in [0.717, 1.165) is 0 Å². The molecule has 2 saturated heterocycles. The fourth-order valence-corrected chi connectivity index (χ4v) is 7.60. The average Bonchev–Trinajstić information content (AvgIpc) is 3.15. The molecule has 330 valence electrons. The number of ketones is 1. The molecule has 3 unspecified atom stereocenters. The van der Waals surface area contributed by atoms with Crippen LogP contribution in [0.25, 0.3) is 0 Å². The quantitative estimate of drug-likeness (QED) is 0.170. The minimum Gasteiger partial charge on any atom is -0.461 e. The second-order valence-corrected chi connectivity index (χ2v) is 16.6. The number of esters is 2. The van der Waals surface area contributed by atoms with Gasteiger partial charge in [0, 0.05) is 24.7 Å². The molecule has 0 aliphatic carbocycles. The SMILES string of the molecule is C[C@@H]1CC[C@H]2CC(=O)C[C@@H](O)CCC=CC=CCC[C@H](C)OC(=O)C(O)[C@]3(O)O[C@@H](CC[C@H]3C)CC(O)C[C@@H](O)CCC=CC=CCC[C@H](C)OC(=O)C(O)[C@]1(O)O2. The first-order valence-electron chi connectivity index (χ1n) is 21.2. The molecule has 14 nitrogen and oxygen atoms in total. The van der Waals surface area contributed by atoms with Crippen LogP contribution in [0, 0.1) is 11.8 Å². The summed E-state index contributed by atoms with van der Waals surface area (Å²) in [6.07, 6.45) is 11.2. The summed E-state index contributed by atoms with van der Waals surface area (Å²) in [5.41, 5.74) is 0. The molecule has 2 fully saturated rings. The highest BCUT2D eigenvalue weighted by Gasteiger charge is 2.52. The van der Waals surface area contributed by atoms with Crippen molar-refractivity contribution in [3.05, 3.63) is 48.6 Å². The molecular weight excluding hydrogens is 752 g/mol. The number of allylic oxidation sites excluding steroid dienone is 8. The van der Waals surface area contributed by atoms with Gasteiger partial charge in [0.15, 0.2) is 0 Å². The molecule has 0 aromatic carbocycles. The van der Waals surface area contributed by atoms with E-state index < -0.39 is 90.3 Å². The van der Waals surface area contributed by atoms with E-state index in [1.54, 1.807) is 33.8 Å². The van der Waals surface area contributed by atoms with Gasteiger partial charge in [0.1, 0.15) is 5.78 Å². The summed E-state index contributed by atoms with van der Waals surface area (Å²) in [7, 11) is 0. The molecule has 0 amide bonds. The first-order chi connectivity index (χ1) is 27.4. The maximum atomic E-state index is 12.9. The van der Waals surface area contributed by atoms with Gasteiger partial charge in [-0.15, -0.1) is 0 Å². The van der Waals surface area contributed by atoms with Gasteiger partial charge in [-0.2, -0.15) is 0 Å². The fourth-order valence-electron chi connectivity index (χ4n) is 7.60. The number of hydrogen-bond acceptors (Lipinski definition) is 14. The summed E-state index contributed by atoms with van der Waals surface area (Å²) in [6, 6.07) is 0. The van der Waals surface area contributed by atoms with Crippen molar-refractivity contribution in [1.82, 2.24) is 0 Å². The van der Waals surface area contributed by atoms with Crippen LogP contribution in [-0.2, 0) is 33.3 Å².